The van der Waals surface area contributed by atoms with E-state index in [1.165, 1.54) is 5.56 Å². The third-order valence-corrected chi connectivity index (χ3v) is 3.63. The number of likely N-dealkylation sites (N-methyl/N-ethyl adjacent to an activating group) is 1. The summed E-state index contributed by atoms with van der Waals surface area (Å²) in [4.78, 5) is 18.5. The van der Waals surface area contributed by atoms with Crippen LogP contribution in [0.2, 0.25) is 0 Å². The van der Waals surface area contributed by atoms with Crippen molar-refractivity contribution in [3.05, 3.63) is 35.4 Å². The van der Waals surface area contributed by atoms with Crippen LogP contribution < -0.4 is 0 Å². The third-order valence-electron chi connectivity index (χ3n) is 3.63. The van der Waals surface area contributed by atoms with E-state index < -0.39 is 0 Å². The van der Waals surface area contributed by atoms with Crippen molar-refractivity contribution in [3.63, 3.8) is 0 Å². The summed E-state index contributed by atoms with van der Waals surface area (Å²) in [5.74, 6) is 0.188. The van der Waals surface area contributed by atoms with Gasteiger partial charge in [-0.05, 0) is 25.8 Å². The fourth-order valence-electron chi connectivity index (χ4n) is 2.53. The molecule has 20 heavy (non-hydrogen) atoms. The second-order valence-corrected chi connectivity index (χ2v) is 4.93. The number of benzene rings is 1. The van der Waals surface area contributed by atoms with E-state index in [0.717, 1.165) is 24.2 Å². The highest BCUT2D eigenvalue weighted by Gasteiger charge is 2.24. The largest absolute Gasteiger partial charge is 0.334 e. The van der Waals surface area contributed by atoms with Crippen LogP contribution >= 0.6 is 0 Å². The molecule has 0 aliphatic rings. The zero-order valence-electron chi connectivity index (χ0n) is 13.3. The van der Waals surface area contributed by atoms with Gasteiger partial charge in [0.05, 0.1) is 11.8 Å². The summed E-state index contributed by atoms with van der Waals surface area (Å²) in [7, 11) is 1.81. The molecule has 0 aromatic heterocycles. The van der Waals surface area contributed by atoms with Gasteiger partial charge < -0.3 is 4.90 Å². The highest BCUT2D eigenvalue weighted by Crippen LogP contribution is 2.15. The predicted octanol–water partition coefficient (Wildman–Crippen LogP) is 3.45. The minimum absolute atomic E-state index is 0.0557. The average Bonchev–Trinajstić information content (AvgIpc) is 2.48. The number of carbonyl (C=O) groups excluding carboxylic acids is 1. The molecule has 1 aromatic carbocycles. The lowest BCUT2D eigenvalue weighted by Gasteiger charge is -2.31. The molecular formula is C17H26N2O. The molecule has 0 radical (unpaired) electrons. The smallest absolute Gasteiger partial charge is 0.222 e. The summed E-state index contributed by atoms with van der Waals surface area (Å²) >= 11 is 0. The molecule has 0 saturated carbocycles. The van der Waals surface area contributed by atoms with E-state index in [1.54, 1.807) is 0 Å². The number of aryl methyl sites for hydroxylation is 1. The standard InChI is InChI=1S/C17H26N2O/c1-6-15(19(8-3)16(20)7-2)17(18-5)14-11-9-13(4)10-12-14/h9-12,15H,6-8H2,1-5H3. The maximum Gasteiger partial charge on any atom is 0.222 e. The number of nitrogens with zero attached hydrogens (tertiary/aromatic N) is 2. The summed E-state index contributed by atoms with van der Waals surface area (Å²) in [5.41, 5.74) is 3.33. The molecule has 0 aliphatic carbocycles. The monoisotopic (exact) mass is 274 g/mol. The van der Waals surface area contributed by atoms with Gasteiger partial charge in [0.1, 0.15) is 0 Å². The van der Waals surface area contributed by atoms with Crippen LogP contribution in [0.25, 0.3) is 0 Å². The Morgan fingerprint density at radius 1 is 1.20 bits per heavy atom. The minimum Gasteiger partial charge on any atom is -0.334 e. The summed E-state index contributed by atoms with van der Waals surface area (Å²) in [6, 6.07) is 8.41. The van der Waals surface area contributed by atoms with E-state index in [2.05, 4.69) is 43.1 Å². The van der Waals surface area contributed by atoms with Crippen LogP contribution in [-0.2, 0) is 4.79 Å². The molecule has 0 bridgehead atoms. The number of hydrogen-bond acceptors (Lipinski definition) is 2. The summed E-state index contributed by atoms with van der Waals surface area (Å²) < 4.78 is 0. The van der Waals surface area contributed by atoms with Gasteiger partial charge in [-0.25, -0.2) is 0 Å². The lowest BCUT2D eigenvalue weighted by Crippen LogP contribution is -2.44. The summed E-state index contributed by atoms with van der Waals surface area (Å²) in [5, 5.41) is 0. The normalized spacial score (nSPS) is 13.2. The molecular weight excluding hydrogens is 248 g/mol. The molecule has 110 valence electrons. The Morgan fingerprint density at radius 3 is 2.20 bits per heavy atom. The van der Waals surface area contributed by atoms with Gasteiger partial charge in [-0.15, -0.1) is 0 Å². The van der Waals surface area contributed by atoms with Gasteiger partial charge in [-0.1, -0.05) is 43.7 Å². The van der Waals surface area contributed by atoms with E-state index in [-0.39, 0.29) is 11.9 Å². The molecule has 1 unspecified atom stereocenters. The SMILES string of the molecule is CCC(=O)N(CC)C(CC)C(=NC)c1ccc(C)cc1. The number of carbonyl (C=O) groups is 1. The first-order valence-corrected chi connectivity index (χ1v) is 7.42. The topological polar surface area (TPSA) is 32.7 Å². The van der Waals surface area contributed by atoms with Gasteiger partial charge >= 0.3 is 0 Å². The molecule has 0 heterocycles. The van der Waals surface area contributed by atoms with Crippen LogP contribution in [0.4, 0.5) is 0 Å². The van der Waals surface area contributed by atoms with Crippen molar-refractivity contribution in [2.24, 2.45) is 4.99 Å². The fourth-order valence-corrected chi connectivity index (χ4v) is 2.53. The van der Waals surface area contributed by atoms with Crippen molar-refractivity contribution in [2.75, 3.05) is 13.6 Å². The molecule has 1 rings (SSSR count). The maximum atomic E-state index is 12.1. The molecule has 0 N–H and O–H groups in total. The van der Waals surface area contributed by atoms with E-state index in [4.69, 9.17) is 0 Å². The van der Waals surface area contributed by atoms with Crippen LogP contribution in [0.3, 0.4) is 0 Å². The number of amides is 1. The van der Waals surface area contributed by atoms with Crippen molar-refractivity contribution >= 4 is 11.6 Å². The molecule has 1 aromatic rings. The first-order chi connectivity index (χ1) is 9.58. The number of rotatable bonds is 6. The Kier molecular flexibility index (Phi) is 6.43. The third kappa shape index (κ3) is 3.69. The first-order valence-electron chi connectivity index (χ1n) is 7.42. The molecule has 0 saturated heterocycles. The second kappa shape index (κ2) is 7.83. The number of aliphatic imine (C=N–C) groups is 1. The van der Waals surface area contributed by atoms with Crippen molar-refractivity contribution < 1.29 is 4.79 Å². The minimum atomic E-state index is 0.0557. The van der Waals surface area contributed by atoms with Crippen LogP contribution in [0.15, 0.2) is 29.3 Å². The maximum absolute atomic E-state index is 12.1. The second-order valence-electron chi connectivity index (χ2n) is 4.93. The Hall–Kier alpha value is -1.64. The highest BCUT2D eigenvalue weighted by atomic mass is 16.2. The summed E-state index contributed by atoms with van der Waals surface area (Å²) in [6.07, 6.45) is 1.41. The zero-order chi connectivity index (χ0) is 15.1. The Balaban J connectivity index is 3.12. The molecule has 3 heteroatoms. The van der Waals surface area contributed by atoms with Gasteiger partial charge in [0, 0.05) is 20.0 Å². The van der Waals surface area contributed by atoms with Crippen molar-refractivity contribution in [3.8, 4) is 0 Å². The van der Waals surface area contributed by atoms with Gasteiger partial charge in [0.15, 0.2) is 0 Å². The molecule has 0 spiro atoms. The van der Waals surface area contributed by atoms with Crippen LogP contribution in [0.1, 0.15) is 44.7 Å². The van der Waals surface area contributed by atoms with Gasteiger partial charge in [0.2, 0.25) is 5.91 Å². The molecule has 0 fully saturated rings. The first kappa shape index (κ1) is 16.4. The van der Waals surface area contributed by atoms with Gasteiger partial charge in [-0.3, -0.25) is 9.79 Å². The van der Waals surface area contributed by atoms with E-state index in [1.807, 2.05) is 25.8 Å². The Bertz CT molecular complexity index is 462. The van der Waals surface area contributed by atoms with Gasteiger partial charge in [-0.2, -0.15) is 0 Å². The van der Waals surface area contributed by atoms with Crippen LogP contribution in [0, 0.1) is 6.92 Å². The average molecular weight is 274 g/mol. The highest BCUT2D eigenvalue weighted by molar-refractivity contribution is 6.05. The van der Waals surface area contributed by atoms with Gasteiger partial charge in [0.25, 0.3) is 0 Å². The predicted molar refractivity (Wildman–Crippen MR) is 85.4 cm³/mol. The number of hydrogen-bond donors (Lipinski definition) is 0. The molecule has 1 amide bonds. The Labute approximate surface area is 122 Å². The summed E-state index contributed by atoms with van der Waals surface area (Å²) in [6.45, 7) is 8.83. The molecule has 1 atom stereocenters. The van der Waals surface area contributed by atoms with Crippen molar-refractivity contribution in [1.82, 2.24) is 4.90 Å². The van der Waals surface area contributed by atoms with E-state index in [9.17, 15) is 4.79 Å². The van der Waals surface area contributed by atoms with E-state index in [0.29, 0.717) is 6.42 Å². The molecule has 0 aliphatic heterocycles. The fraction of sp³-hybridized carbons (Fsp3) is 0.529. The lowest BCUT2D eigenvalue weighted by atomic mass is 9.98. The lowest BCUT2D eigenvalue weighted by molar-refractivity contribution is -0.131. The zero-order valence-corrected chi connectivity index (χ0v) is 13.3. The van der Waals surface area contributed by atoms with Crippen LogP contribution in [-0.4, -0.2) is 36.2 Å². The molecule has 3 nitrogen and oxygen atoms in total. The van der Waals surface area contributed by atoms with Crippen LogP contribution in [0.5, 0.6) is 0 Å². The van der Waals surface area contributed by atoms with E-state index >= 15 is 0 Å². The Morgan fingerprint density at radius 2 is 1.80 bits per heavy atom. The van der Waals surface area contributed by atoms with Crippen molar-refractivity contribution in [2.45, 2.75) is 46.6 Å². The van der Waals surface area contributed by atoms with Crippen molar-refractivity contribution in [1.29, 1.82) is 0 Å². The quantitative estimate of drug-likeness (QED) is 0.731.